The summed E-state index contributed by atoms with van der Waals surface area (Å²) >= 11 is 1.48. The highest BCUT2D eigenvalue weighted by molar-refractivity contribution is 8.14. The Morgan fingerprint density at radius 1 is 1.22 bits per heavy atom. The van der Waals surface area contributed by atoms with Gasteiger partial charge < -0.3 is 25.0 Å². The van der Waals surface area contributed by atoms with Crippen LogP contribution < -0.4 is 16.1 Å². The maximum absolute atomic E-state index is 13.0. The van der Waals surface area contributed by atoms with Crippen molar-refractivity contribution in [3.63, 3.8) is 0 Å². The molecule has 0 saturated carbocycles. The topological polar surface area (TPSA) is 138 Å². The van der Waals surface area contributed by atoms with Crippen molar-refractivity contribution < 1.29 is 28.7 Å². The molecule has 0 radical (unpaired) electrons. The van der Waals surface area contributed by atoms with Gasteiger partial charge in [-0.3, -0.25) is 14.4 Å². The van der Waals surface area contributed by atoms with Gasteiger partial charge in [0, 0.05) is 32.6 Å². The monoisotopic (exact) mass is 471 g/mol. The molecular formula is C20H33N5O6S. The number of ketones is 1. The lowest BCUT2D eigenvalue weighted by Gasteiger charge is -2.31. The fourth-order valence-corrected chi connectivity index (χ4v) is 4.47. The molecule has 2 heterocycles. The Bertz CT molecular complexity index is 725. The van der Waals surface area contributed by atoms with Crippen LogP contribution in [-0.2, 0) is 23.9 Å². The van der Waals surface area contributed by atoms with Crippen LogP contribution >= 0.6 is 11.8 Å². The zero-order valence-corrected chi connectivity index (χ0v) is 19.8. The third kappa shape index (κ3) is 7.66. The Labute approximate surface area is 192 Å². The van der Waals surface area contributed by atoms with E-state index < -0.39 is 35.8 Å². The lowest BCUT2D eigenvalue weighted by molar-refractivity contribution is -0.141. The second-order valence-corrected chi connectivity index (χ2v) is 9.29. The maximum atomic E-state index is 13.0. The van der Waals surface area contributed by atoms with Gasteiger partial charge in [0.2, 0.25) is 11.7 Å². The molecule has 2 atom stereocenters. The normalized spacial score (nSPS) is 20.0. The molecule has 0 aromatic carbocycles. The van der Waals surface area contributed by atoms with E-state index in [4.69, 9.17) is 4.74 Å². The molecule has 2 aliphatic rings. The number of nitrogens with one attached hydrogen (secondary N) is 3. The SMILES string of the molecule is COC(=O)N[C@@H](CC(C)C)C(=O)NC(C(=O)C(=O)N/N=C1\SCCN1C)C1CCOCC1. The van der Waals surface area contributed by atoms with Crippen LogP contribution in [0.5, 0.6) is 0 Å². The molecule has 3 N–H and O–H groups in total. The predicted molar refractivity (Wildman–Crippen MR) is 120 cm³/mol. The number of amidine groups is 1. The smallest absolute Gasteiger partial charge is 0.407 e. The lowest BCUT2D eigenvalue weighted by atomic mass is 9.88. The minimum Gasteiger partial charge on any atom is -0.453 e. The number of hydrazone groups is 1. The first-order chi connectivity index (χ1) is 15.2. The van der Waals surface area contributed by atoms with Gasteiger partial charge in [-0.25, -0.2) is 10.2 Å². The number of carbonyl (C=O) groups excluding carboxylic acids is 4. The Morgan fingerprint density at radius 3 is 2.47 bits per heavy atom. The first-order valence-electron chi connectivity index (χ1n) is 10.7. The number of hydrogen-bond acceptors (Lipinski definition) is 8. The van der Waals surface area contributed by atoms with Crippen LogP contribution in [0.2, 0.25) is 0 Å². The van der Waals surface area contributed by atoms with Crippen LogP contribution in [0, 0.1) is 11.8 Å². The molecule has 0 spiro atoms. The van der Waals surface area contributed by atoms with E-state index >= 15 is 0 Å². The van der Waals surface area contributed by atoms with Crippen molar-refractivity contribution in [1.82, 2.24) is 21.0 Å². The summed E-state index contributed by atoms with van der Waals surface area (Å²) in [6, 6.07) is -1.95. The number of methoxy groups -OCH3 is 1. The molecule has 0 aliphatic carbocycles. The van der Waals surface area contributed by atoms with Gasteiger partial charge in [0.05, 0.1) is 7.11 Å². The number of nitrogens with zero attached hydrogens (tertiary/aromatic N) is 2. The summed E-state index contributed by atoms with van der Waals surface area (Å²) in [7, 11) is 3.06. The number of thioether (sulfide) groups is 1. The summed E-state index contributed by atoms with van der Waals surface area (Å²) in [5, 5.41) is 9.85. The zero-order valence-electron chi connectivity index (χ0n) is 19.0. The average Bonchev–Trinajstić information content (AvgIpc) is 3.19. The summed E-state index contributed by atoms with van der Waals surface area (Å²) in [6.07, 6.45) is 0.651. The van der Waals surface area contributed by atoms with Crippen molar-refractivity contribution in [1.29, 1.82) is 0 Å². The first kappa shape index (κ1) is 25.9. The van der Waals surface area contributed by atoms with E-state index in [2.05, 4.69) is 25.9 Å². The van der Waals surface area contributed by atoms with Gasteiger partial charge >= 0.3 is 12.0 Å². The second-order valence-electron chi connectivity index (χ2n) is 8.22. The fourth-order valence-electron chi connectivity index (χ4n) is 3.50. The molecule has 0 aromatic heterocycles. The number of Topliss-reactive ketones (excluding diaryl/α,β-unsaturated/α-hetero) is 1. The van der Waals surface area contributed by atoms with Gasteiger partial charge in [-0.2, -0.15) is 0 Å². The molecule has 2 rings (SSSR count). The Morgan fingerprint density at radius 2 is 1.91 bits per heavy atom. The summed E-state index contributed by atoms with van der Waals surface area (Å²) in [4.78, 5) is 52.2. The zero-order chi connectivity index (χ0) is 23.7. The van der Waals surface area contributed by atoms with Gasteiger partial charge in [0.1, 0.15) is 12.1 Å². The van der Waals surface area contributed by atoms with Crippen molar-refractivity contribution in [2.45, 2.75) is 45.2 Å². The van der Waals surface area contributed by atoms with Crippen LogP contribution in [0.15, 0.2) is 5.10 Å². The molecule has 32 heavy (non-hydrogen) atoms. The van der Waals surface area contributed by atoms with Crippen LogP contribution in [0.25, 0.3) is 0 Å². The minimum atomic E-state index is -1.05. The average molecular weight is 472 g/mol. The van der Waals surface area contributed by atoms with Crippen molar-refractivity contribution in [3.05, 3.63) is 0 Å². The van der Waals surface area contributed by atoms with Crippen molar-refractivity contribution in [2.24, 2.45) is 16.9 Å². The molecule has 180 valence electrons. The van der Waals surface area contributed by atoms with E-state index in [9.17, 15) is 19.2 Å². The van der Waals surface area contributed by atoms with E-state index in [1.165, 1.54) is 18.9 Å². The molecule has 2 saturated heterocycles. The van der Waals surface area contributed by atoms with Gasteiger partial charge in [0.25, 0.3) is 0 Å². The molecule has 2 fully saturated rings. The highest BCUT2D eigenvalue weighted by Crippen LogP contribution is 2.20. The van der Waals surface area contributed by atoms with E-state index in [0.29, 0.717) is 37.6 Å². The van der Waals surface area contributed by atoms with Gasteiger partial charge in [-0.1, -0.05) is 25.6 Å². The third-order valence-corrected chi connectivity index (χ3v) is 6.33. The van der Waals surface area contributed by atoms with Gasteiger partial charge in [-0.15, -0.1) is 5.10 Å². The minimum absolute atomic E-state index is 0.0974. The van der Waals surface area contributed by atoms with E-state index in [-0.39, 0.29) is 11.8 Å². The molecule has 11 nitrogen and oxygen atoms in total. The summed E-state index contributed by atoms with van der Waals surface area (Å²) in [6.45, 7) is 5.49. The van der Waals surface area contributed by atoms with E-state index in [1.54, 1.807) is 0 Å². The number of alkyl carbamates (subject to hydrolysis) is 1. The second kappa shape index (κ2) is 12.6. The number of carbonyl (C=O) groups is 4. The van der Waals surface area contributed by atoms with Gasteiger partial charge in [-0.05, 0) is 31.1 Å². The van der Waals surface area contributed by atoms with E-state index in [1.807, 2.05) is 25.8 Å². The molecule has 0 bridgehead atoms. The number of hydrogen-bond donors (Lipinski definition) is 3. The van der Waals surface area contributed by atoms with Crippen LogP contribution in [-0.4, -0.2) is 85.5 Å². The Balaban J connectivity index is 2.14. The summed E-state index contributed by atoms with van der Waals surface area (Å²) < 4.78 is 9.97. The number of amides is 3. The van der Waals surface area contributed by atoms with Crippen LogP contribution in [0.4, 0.5) is 4.79 Å². The molecular weight excluding hydrogens is 438 g/mol. The highest BCUT2D eigenvalue weighted by Gasteiger charge is 2.37. The van der Waals surface area contributed by atoms with Crippen LogP contribution in [0.3, 0.4) is 0 Å². The lowest BCUT2D eigenvalue weighted by Crippen LogP contribution is -2.56. The Hall–Kier alpha value is -2.34. The highest BCUT2D eigenvalue weighted by atomic mass is 32.2. The number of rotatable bonds is 9. The van der Waals surface area contributed by atoms with Gasteiger partial charge in [0.15, 0.2) is 5.17 Å². The first-order valence-corrected chi connectivity index (χ1v) is 11.7. The summed E-state index contributed by atoms with van der Waals surface area (Å²) in [5.41, 5.74) is 2.32. The maximum Gasteiger partial charge on any atom is 0.407 e. The quantitative estimate of drug-likeness (QED) is 0.322. The molecule has 3 amide bonds. The van der Waals surface area contributed by atoms with Crippen molar-refractivity contribution in [3.8, 4) is 0 Å². The van der Waals surface area contributed by atoms with Crippen molar-refractivity contribution >= 4 is 40.6 Å². The molecule has 2 aliphatic heterocycles. The molecule has 1 unspecified atom stereocenters. The summed E-state index contributed by atoms with van der Waals surface area (Å²) in [5.74, 6) is -1.53. The van der Waals surface area contributed by atoms with E-state index in [0.717, 1.165) is 12.3 Å². The van der Waals surface area contributed by atoms with Crippen LogP contribution in [0.1, 0.15) is 33.1 Å². The molecule has 0 aromatic rings. The third-order valence-electron chi connectivity index (χ3n) is 5.28. The standard InChI is InChI=1S/C20H33N5O6S/c1-12(2)11-14(21-20(29)30-4)17(27)22-15(13-5-8-31-9-6-13)16(26)18(28)23-24-19-25(3)7-10-32-19/h12-15H,5-11H2,1-4H3,(H,21,29)(H,22,27)(H,23,28)/b24-19-/t14-,15?/m0/s1. The largest absolute Gasteiger partial charge is 0.453 e. The fraction of sp³-hybridized carbons (Fsp3) is 0.750. The molecule has 12 heteroatoms. The number of ether oxygens (including phenoxy) is 2. The van der Waals surface area contributed by atoms with Crippen molar-refractivity contribution in [2.75, 3.05) is 39.7 Å². The predicted octanol–water partition coefficient (Wildman–Crippen LogP) is 0.303. The Kier molecular flexibility index (Phi) is 10.2.